The Labute approximate surface area is 319 Å². The maximum Gasteiger partial charge on any atom is 0.0789 e. The van der Waals surface area contributed by atoms with Gasteiger partial charge in [0, 0.05) is 19.6 Å². The molecule has 300 valence electrons. The predicted octanol–water partition coefficient (Wildman–Crippen LogP) is 11.7. The van der Waals surface area contributed by atoms with E-state index in [0.29, 0.717) is 13.1 Å². The number of hydrogen-bond donors (Lipinski definition) is 3. The van der Waals surface area contributed by atoms with E-state index in [1.54, 1.807) is 0 Å². The minimum atomic E-state index is -0.453. The summed E-state index contributed by atoms with van der Waals surface area (Å²) in [5.74, 6) is 0. The van der Waals surface area contributed by atoms with E-state index in [2.05, 4.69) is 79.2 Å². The largest absolute Gasteiger partial charge is 0.392 e. The Hall–Kier alpha value is -1.24. The van der Waals surface area contributed by atoms with Crippen molar-refractivity contribution in [2.45, 2.75) is 200 Å². The van der Waals surface area contributed by atoms with Crippen LogP contribution >= 0.6 is 0 Å². The van der Waals surface area contributed by atoms with Gasteiger partial charge in [0.2, 0.25) is 0 Å². The Bertz CT molecular complexity index is 731. The molecule has 0 rings (SSSR count). The average Bonchev–Trinajstić information content (AvgIpc) is 3.13. The Morgan fingerprint density at radius 3 is 1.12 bits per heavy atom. The highest BCUT2D eigenvalue weighted by Crippen LogP contribution is 2.12. The average molecular weight is 716 g/mol. The molecule has 0 saturated carbocycles. The molecule has 0 aliphatic heterocycles. The fraction of sp³-hybridized carbons (Fsp3) is 0.826. The summed E-state index contributed by atoms with van der Waals surface area (Å²) >= 11 is 0. The van der Waals surface area contributed by atoms with Crippen molar-refractivity contribution in [1.29, 1.82) is 0 Å². The lowest BCUT2D eigenvalue weighted by molar-refractivity contribution is 0.0963. The van der Waals surface area contributed by atoms with Crippen LogP contribution in [-0.2, 0) is 0 Å². The Morgan fingerprint density at radius 1 is 0.412 bits per heavy atom. The van der Waals surface area contributed by atoms with E-state index in [-0.39, 0.29) is 6.10 Å². The molecular formula is C46H89N3O2. The highest BCUT2D eigenvalue weighted by molar-refractivity contribution is 4.93. The molecule has 0 aromatic carbocycles. The fourth-order valence-corrected chi connectivity index (χ4v) is 6.55. The molecule has 2 atom stereocenters. The van der Waals surface area contributed by atoms with Crippen LogP contribution in [0.25, 0.3) is 0 Å². The predicted molar refractivity (Wildman–Crippen MR) is 228 cm³/mol. The third-order valence-electron chi connectivity index (χ3n) is 9.98. The minimum Gasteiger partial charge on any atom is -0.392 e. The van der Waals surface area contributed by atoms with E-state index < -0.39 is 6.10 Å². The molecule has 0 aromatic heterocycles. The monoisotopic (exact) mass is 716 g/mol. The Kier molecular flexibility index (Phi) is 40.5. The summed E-state index contributed by atoms with van der Waals surface area (Å²) < 4.78 is 0. The lowest BCUT2D eigenvalue weighted by Gasteiger charge is -2.28. The highest BCUT2D eigenvalue weighted by Gasteiger charge is 2.13. The quantitative estimate of drug-likeness (QED) is 0.0435. The molecule has 0 aliphatic rings. The molecule has 0 heterocycles. The van der Waals surface area contributed by atoms with Crippen molar-refractivity contribution in [2.24, 2.45) is 5.73 Å². The van der Waals surface area contributed by atoms with Crippen LogP contribution in [0.15, 0.2) is 48.6 Å². The zero-order chi connectivity index (χ0) is 37.3. The number of nitrogens with two attached hydrogens (primary N) is 1. The van der Waals surface area contributed by atoms with Gasteiger partial charge in [-0.2, -0.15) is 0 Å². The molecule has 2 unspecified atom stereocenters. The molecule has 5 heteroatoms. The molecule has 5 nitrogen and oxygen atoms in total. The van der Waals surface area contributed by atoms with E-state index in [4.69, 9.17) is 5.73 Å². The molecule has 0 bridgehead atoms. The standard InChI is InChI=1S/C46H89N3O2/c1-4-7-9-11-13-15-17-19-21-23-25-27-29-31-33-35-38-48(43-45(50)6-3)40-37-41-49(44-46(51)42-47)39-36-34-32-30-28-26-24-22-20-18-16-14-12-10-8-5-2/h13-16,19-22,45-46,50-51H,4-12,17-18,23-44,47H2,1-3H3/b15-13+,16-14-,21-19+,22-20+. The number of allylic oxidation sites excluding steroid dienone is 8. The van der Waals surface area contributed by atoms with E-state index in [1.165, 1.54) is 141 Å². The summed E-state index contributed by atoms with van der Waals surface area (Å²) in [5, 5.41) is 20.7. The Morgan fingerprint density at radius 2 is 0.745 bits per heavy atom. The summed E-state index contributed by atoms with van der Waals surface area (Å²) in [5.41, 5.74) is 5.78. The van der Waals surface area contributed by atoms with Crippen molar-refractivity contribution >= 4 is 0 Å². The lowest BCUT2D eigenvalue weighted by atomic mass is 10.1. The van der Waals surface area contributed by atoms with Gasteiger partial charge in [-0.15, -0.1) is 0 Å². The SMILES string of the molecule is CCCCC/C=C\C/C=C/CCCCCCCCN(CCCN(CCCCCCCC/C=C/C/C=C/CCCCC)CC(O)CC)CC(O)CN. The molecule has 0 saturated heterocycles. The van der Waals surface area contributed by atoms with Crippen LogP contribution in [0.3, 0.4) is 0 Å². The molecule has 0 aromatic rings. The molecule has 0 radical (unpaired) electrons. The second-order valence-electron chi connectivity index (χ2n) is 15.1. The summed E-state index contributed by atoms with van der Waals surface area (Å²) in [7, 11) is 0. The van der Waals surface area contributed by atoms with Crippen LogP contribution in [0.2, 0.25) is 0 Å². The second-order valence-corrected chi connectivity index (χ2v) is 15.1. The van der Waals surface area contributed by atoms with E-state index in [0.717, 1.165) is 58.4 Å². The lowest BCUT2D eigenvalue weighted by Crippen LogP contribution is -2.39. The molecule has 0 spiro atoms. The van der Waals surface area contributed by atoms with Crippen molar-refractivity contribution in [3.63, 3.8) is 0 Å². The Balaban J connectivity index is 4.17. The number of rotatable bonds is 40. The first-order valence-corrected chi connectivity index (χ1v) is 22.2. The molecular weight excluding hydrogens is 627 g/mol. The van der Waals surface area contributed by atoms with Crippen LogP contribution in [-0.4, -0.2) is 78.0 Å². The number of nitrogens with zero attached hydrogens (tertiary/aromatic N) is 2. The van der Waals surface area contributed by atoms with Crippen LogP contribution in [0.1, 0.15) is 188 Å². The number of hydrogen-bond acceptors (Lipinski definition) is 5. The van der Waals surface area contributed by atoms with Crippen molar-refractivity contribution in [3.8, 4) is 0 Å². The number of aliphatic hydroxyl groups is 2. The van der Waals surface area contributed by atoms with Gasteiger partial charge in [0.25, 0.3) is 0 Å². The third-order valence-corrected chi connectivity index (χ3v) is 9.98. The maximum atomic E-state index is 10.4. The van der Waals surface area contributed by atoms with Crippen LogP contribution in [0.4, 0.5) is 0 Å². The van der Waals surface area contributed by atoms with Crippen molar-refractivity contribution in [1.82, 2.24) is 9.80 Å². The topological polar surface area (TPSA) is 73.0 Å². The van der Waals surface area contributed by atoms with Gasteiger partial charge < -0.3 is 25.7 Å². The van der Waals surface area contributed by atoms with Gasteiger partial charge >= 0.3 is 0 Å². The maximum absolute atomic E-state index is 10.4. The summed E-state index contributed by atoms with van der Waals surface area (Å²) in [6, 6.07) is 0. The molecule has 4 N–H and O–H groups in total. The zero-order valence-electron chi connectivity index (χ0n) is 34.5. The molecule has 0 aliphatic carbocycles. The van der Waals surface area contributed by atoms with Crippen LogP contribution in [0, 0.1) is 0 Å². The first-order valence-electron chi connectivity index (χ1n) is 22.2. The fourth-order valence-electron chi connectivity index (χ4n) is 6.55. The van der Waals surface area contributed by atoms with Gasteiger partial charge in [0.1, 0.15) is 0 Å². The van der Waals surface area contributed by atoms with E-state index >= 15 is 0 Å². The molecule has 0 amide bonds. The van der Waals surface area contributed by atoms with Gasteiger partial charge in [-0.3, -0.25) is 0 Å². The molecule has 0 fully saturated rings. The van der Waals surface area contributed by atoms with Crippen LogP contribution < -0.4 is 5.73 Å². The summed E-state index contributed by atoms with van der Waals surface area (Å²) in [4.78, 5) is 4.91. The molecule has 51 heavy (non-hydrogen) atoms. The summed E-state index contributed by atoms with van der Waals surface area (Å²) in [6.45, 7) is 12.5. The smallest absolute Gasteiger partial charge is 0.0789 e. The number of unbranched alkanes of at least 4 members (excludes halogenated alkanes) is 18. The zero-order valence-corrected chi connectivity index (χ0v) is 34.5. The second kappa shape index (κ2) is 41.5. The third kappa shape index (κ3) is 38.3. The van der Waals surface area contributed by atoms with Gasteiger partial charge in [0.05, 0.1) is 12.2 Å². The minimum absolute atomic E-state index is 0.247. The van der Waals surface area contributed by atoms with Gasteiger partial charge in [-0.05, 0) is 116 Å². The normalized spacial score (nSPS) is 13.8. The van der Waals surface area contributed by atoms with Crippen molar-refractivity contribution < 1.29 is 10.2 Å². The van der Waals surface area contributed by atoms with Gasteiger partial charge in [-0.1, -0.05) is 146 Å². The first-order chi connectivity index (χ1) is 25.1. The van der Waals surface area contributed by atoms with Gasteiger partial charge in [-0.25, -0.2) is 0 Å². The summed E-state index contributed by atoms with van der Waals surface area (Å²) in [6.07, 6.45) is 50.3. The number of aliphatic hydroxyl groups excluding tert-OH is 2. The van der Waals surface area contributed by atoms with E-state index in [1.807, 2.05) is 0 Å². The van der Waals surface area contributed by atoms with Crippen molar-refractivity contribution in [3.05, 3.63) is 48.6 Å². The van der Waals surface area contributed by atoms with Crippen molar-refractivity contribution in [2.75, 3.05) is 45.8 Å². The highest BCUT2D eigenvalue weighted by atomic mass is 16.3. The van der Waals surface area contributed by atoms with Crippen LogP contribution in [0.5, 0.6) is 0 Å². The van der Waals surface area contributed by atoms with Gasteiger partial charge in [0.15, 0.2) is 0 Å². The first kappa shape index (κ1) is 49.8. The van der Waals surface area contributed by atoms with E-state index in [9.17, 15) is 10.2 Å².